The summed E-state index contributed by atoms with van der Waals surface area (Å²) in [6, 6.07) is 9.45. The number of anilines is 1. The molecule has 0 spiro atoms. The van der Waals surface area contributed by atoms with E-state index in [1.165, 1.54) is 12.8 Å². The molecule has 1 unspecified atom stereocenters. The molecule has 0 amide bonds. The van der Waals surface area contributed by atoms with E-state index in [4.69, 9.17) is 39.8 Å². The number of rotatable bonds is 5. The first-order chi connectivity index (χ1) is 11.6. The van der Waals surface area contributed by atoms with Crippen LogP contribution in [0.2, 0.25) is 10.0 Å². The summed E-state index contributed by atoms with van der Waals surface area (Å²) in [5.74, 6) is 0.960. The molecule has 1 aromatic carbocycles. The second-order valence-corrected chi connectivity index (χ2v) is 6.96. The molecule has 1 aliphatic rings. The largest absolute Gasteiger partial charge is 0.468 e. The van der Waals surface area contributed by atoms with Crippen molar-refractivity contribution in [1.82, 2.24) is 10.2 Å². The SMILES string of the molecule is S=C(NCC(c1ccco1)N1CCCC1)Nc1ccc(Cl)c(Cl)c1. The Morgan fingerprint density at radius 3 is 2.67 bits per heavy atom. The molecule has 7 heteroatoms. The molecule has 2 aromatic rings. The fourth-order valence-electron chi connectivity index (χ4n) is 2.88. The molecule has 1 atom stereocenters. The van der Waals surface area contributed by atoms with Gasteiger partial charge in [-0.1, -0.05) is 23.2 Å². The first kappa shape index (κ1) is 17.5. The predicted molar refractivity (Wildman–Crippen MR) is 103 cm³/mol. The molecule has 2 heterocycles. The van der Waals surface area contributed by atoms with Gasteiger partial charge in [-0.3, -0.25) is 4.90 Å². The Morgan fingerprint density at radius 1 is 1.21 bits per heavy atom. The summed E-state index contributed by atoms with van der Waals surface area (Å²) < 4.78 is 5.61. The van der Waals surface area contributed by atoms with Crippen molar-refractivity contribution in [3.8, 4) is 0 Å². The number of halogens is 2. The highest BCUT2D eigenvalue weighted by atomic mass is 35.5. The topological polar surface area (TPSA) is 40.4 Å². The highest BCUT2D eigenvalue weighted by Gasteiger charge is 2.25. The third-order valence-electron chi connectivity index (χ3n) is 4.09. The summed E-state index contributed by atoms with van der Waals surface area (Å²) in [4.78, 5) is 2.42. The minimum atomic E-state index is 0.177. The van der Waals surface area contributed by atoms with Crippen LogP contribution in [0, 0.1) is 0 Å². The molecule has 3 rings (SSSR count). The first-order valence-electron chi connectivity index (χ1n) is 7.91. The summed E-state index contributed by atoms with van der Waals surface area (Å²) in [5, 5.41) is 7.96. The summed E-state index contributed by atoms with van der Waals surface area (Å²) in [6.45, 7) is 2.85. The van der Waals surface area contributed by atoms with E-state index < -0.39 is 0 Å². The number of nitrogens with zero attached hydrogens (tertiary/aromatic N) is 1. The van der Waals surface area contributed by atoms with E-state index in [2.05, 4.69) is 15.5 Å². The third kappa shape index (κ3) is 4.42. The summed E-state index contributed by atoms with van der Waals surface area (Å²) >= 11 is 17.3. The highest BCUT2D eigenvalue weighted by molar-refractivity contribution is 7.80. The maximum Gasteiger partial charge on any atom is 0.170 e. The van der Waals surface area contributed by atoms with E-state index in [-0.39, 0.29) is 6.04 Å². The lowest BCUT2D eigenvalue weighted by Gasteiger charge is -2.26. The van der Waals surface area contributed by atoms with Crippen LogP contribution in [0.5, 0.6) is 0 Å². The van der Waals surface area contributed by atoms with Crippen LogP contribution < -0.4 is 10.6 Å². The molecule has 1 aliphatic heterocycles. The molecule has 1 saturated heterocycles. The minimum absolute atomic E-state index is 0.177. The Hall–Kier alpha value is -1.27. The van der Waals surface area contributed by atoms with E-state index in [1.807, 2.05) is 18.2 Å². The average Bonchev–Trinajstić information content (AvgIpc) is 3.25. The molecule has 0 radical (unpaired) electrons. The normalized spacial score (nSPS) is 16.1. The Morgan fingerprint density at radius 2 is 2.00 bits per heavy atom. The van der Waals surface area contributed by atoms with Gasteiger partial charge >= 0.3 is 0 Å². The van der Waals surface area contributed by atoms with Gasteiger partial charge in [0, 0.05) is 12.2 Å². The number of nitrogens with one attached hydrogen (secondary N) is 2. The molecular formula is C17H19Cl2N3OS. The fourth-order valence-corrected chi connectivity index (χ4v) is 3.38. The van der Waals surface area contributed by atoms with Gasteiger partial charge in [0.05, 0.1) is 22.4 Å². The summed E-state index contributed by atoms with van der Waals surface area (Å²) in [6.07, 6.45) is 4.16. The van der Waals surface area contributed by atoms with Crippen molar-refractivity contribution in [2.75, 3.05) is 25.0 Å². The van der Waals surface area contributed by atoms with Crippen LogP contribution in [0.15, 0.2) is 41.0 Å². The standard InChI is InChI=1S/C17H19Cl2N3OS/c18-13-6-5-12(10-14(13)19)21-17(24)20-11-15(16-4-3-9-23-16)22-7-1-2-8-22/h3-6,9-10,15H,1-2,7-8,11H2,(H2,20,21,24). The van der Waals surface area contributed by atoms with E-state index in [0.717, 1.165) is 24.5 Å². The lowest BCUT2D eigenvalue weighted by molar-refractivity contribution is 0.216. The fraction of sp³-hybridized carbons (Fsp3) is 0.353. The first-order valence-corrected chi connectivity index (χ1v) is 9.07. The lowest BCUT2D eigenvalue weighted by Crippen LogP contribution is -2.38. The highest BCUT2D eigenvalue weighted by Crippen LogP contribution is 2.26. The maximum atomic E-state index is 6.02. The average molecular weight is 384 g/mol. The van der Waals surface area contributed by atoms with Crippen molar-refractivity contribution in [3.05, 3.63) is 52.4 Å². The van der Waals surface area contributed by atoms with Crippen LogP contribution in [-0.2, 0) is 0 Å². The van der Waals surface area contributed by atoms with Crippen LogP contribution in [0.3, 0.4) is 0 Å². The number of thiocarbonyl (C=S) groups is 1. The maximum absolute atomic E-state index is 6.02. The van der Waals surface area contributed by atoms with Crippen molar-refractivity contribution < 1.29 is 4.42 Å². The molecular weight excluding hydrogens is 365 g/mol. The van der Waals surface area contributed by atoms with E-state index >= 15 is 0 Å². The Balaban J connectivity index is 1.59. The molecule has 2 N–H and O–H groups in total. The Kier molecular flexibility index (Phi) is 6.00. The molecule has 1 aromatic heterocycles. The minimum Gasteiger partial charge on any atom is -0.468 e. The van der Waals surface area contributed by atoms with Gasteiger partial charge < -0.3 is 15.1 Å². The number of benzene rings is 1. The molecule has 1 fully saturated rings. The van der Waals surface area contributed by atoms with Gasteiger partial charge in [-0.15, -0.1) is 0 Å². The summed E-state index contributed by atoms with van der Waals surface area (Å²) in [7, 11) is 0. The van der Waals surface area contributed by atoms with Gasteiger partial charge in [0.25, 0.3) is 0 Å². The second kappa shape index (κ2) is 8.21. The van der Waals surface area contributed by atoms with Crippen LogP contribution in [0.4, 0.5) is 5.69 Å². The van der Waals surface area contributed by atoms with Gasteiger partial charge in [0.15, 0.2) is 5.11 Å². The lowest BCUT2D eigenvalue weighted by atomic mass is 10.2. The van der Waals surface area contributed by atoms with Crippen molar-refractivity contribution >= 4 is 46.2 Å². The van der Waals surface area contributed by atoms with Crippen molar-refractivity contribution in [2.45, 2.75) is 18.9 Å². The zero-order valence-corrected chi connectivity index (χ0v) is 15.4. The van der Waals surface area contributed by atoms with Crippen molar-refractivity contribution in [1.29, 1.82) is 0 Å². The monoisotopic (exact) mass is 383 g/mol. The van der Waals surface area contributed by atoms with Crippen LogP contribution in [-0.4, -0.2) is 29.6 Å². The van der Waals surface area contributed by atoms with E-state index in [9.17, 15) is 0 Å². The molecule has 24 heavy (non-hydrogen) atoms. The van der Waals surface area contributed by atoms with Gasteiger partial charge in [-0.25, -0.2) is 0 Å². The number of likely N-dealkylation sites (tertiary alicyclic amines) is 1. The van der Waals surface area contributed by atoms with Gasteiger partial charge in [-0.2, -0.15) is 0 Å². The molecule has 0 aliphatic carbocycles. The number of hydrogen-bond acceptors (Lipinski definition) is 3. The van der Waals surface area contributed by atoms with Gasteiger partial charge in [0.1, 0.15) is 5.76 Å². The van der Waals surface area contributed by atoms with E-state index in [0.29, 0.717) is 21.7 Å². The molecule has 128 valence electrons. The van der Waals surface area contributed by atoms with Crippen LogP contribution in [0.1, 0.15) is 24.6 Å². The smallest absolute Gasteiger partial charge is 0.170 e. The summed E-state index contributed by atoms with van der Waals surface area (Å²) in [5.41, 5.74) is 0.803. The van der Waals surface area contributed by atoms with Crippen LogP contribution in [0.25, 0.3) is 0 Å². The Bertz CT molecular complexity index is 687. The quantitative estimate of drug-likeness (QED) is 0.731. The number of hydrogen-bond donors (Lipinski definition) is 2. The van der Waals surface area contributed by atoms with Crippen molar-refractivity contribution in [2.24, 2.45) is 0 Å². The Labute approximate surface area is 157 Å². The second-order valence-electron chi connectivity index (χ2n) is 5.74. The molecule has 4 nitrogen and oxygen atoms in total. The molecule has 0 saturated carbocycles. The van der Waals surface area contributed by atoms with E-state index in [1.54, 1.807) is 18.4 Å². The van der Waals surface area contributed by atoms with Gasteiger partial charge in [0.2, 0.25) is 0 Å². The van der Waals surface area contributed by atoms with Crippen molar-refractivity contribution in [3.63, 3.8) is 0 Å². The van der Waals surface area contributed by atoms with Gasteiger partial charge in [-0.05, 0) is 68.5 Å². The van der Waals surface area contributed by atoms with Crippen LogP contribution >= 0.6 is 35.4 Å². The zero-order valence-electron chi connectivity index (χ0n) is 13.1. The molecule has 0 bridgehead atoms. The third-order valence-corrected chi connectivity index (χ3v) is 5.07. The zero-order chi connectivity index (χ0) is 16.9. The number of furan rings is 1. The predicted octanol–water partition coefficient (Wildman–Crippen LogP) is 4.71.